The monoisotopic (exact) mass is 516 g/mol. The Morgan fingerprint density at radius 1 is 1.11 bits per heavy atom. The first kappa shape index (κ1) is 25.8. The van der Waals surface area contributed by atoms with Crippen LogP contribution in [0.3, 0.4) is 0 Å². The third-order valence-electron chi connectivity index (χ3n) is 5.78. The van der Waals surface area contributed by atoms with Crippen LogP contribution in [0.15, 0.2) is 61.3 Å². The fourth-order valence-electron chi connectivity index (χ4n) is 4.00. The highest BCUT2D eigenvalue weighted by molar-refractivity contribution is 5.90. The van der Waals surface area contributed by atoms with Gasteiger partial charge in [-0.15, -0.1) is 0 Å². The zero-order valence-corrected chi connectivity index (χ0v) is 19.3. The van der Waals surface area contributed by atoms with Crippen molar-refractivity contribution in [3.8, 4) is 5.75 Å². The number of nitrogens with one attached hydrogen (secondary N) is 3. The maximum Gasteiger partial charge on any atom is 0.418 e. The lowest BCUT2D eigenvalue weighted by Gasteiger charge is -2.28. The highest BCUT2D eigenvalue weighted by Gasteiger charge is 2.46. The third-order valence-corrected chi connectivity index (χ3v) is 5.78. The number of halogens is 3. The van der Waals surface area contributed by atoms with Crippen LogP contribution in [0.25, 0.3) is 0 Å². The molecule has 10 nitrogen and oxygen atoms in total. The highest BCUT2D eigenvalue weighted by atomic mass is 19.4. The summed E-state index contributed by atoms with van der Waals surface area (Å²) in [5.41, 5.74) is -1.55. The predicted octanol–water partition coefficient (Wildman–Crippen LogP) is 3.32. The number of benzene rings is 1. The van der Waals surface area contributed by atoms with Crippen molar-refractivity contribution in [2.45, 2.75) is 43.6 Å². The van der Waals surface area contributed by atoms with Crippen LogP contribution in [0.5, 0.6) is 5.75 Å². The van der Waals surface area contributed by atoms with Crippen LogP contribution in [0.1, 0.15) is 30.5 Å². The molecule has 1 aliphatic rings. The summed E-state index contributed by atoms with van der Waals surface area (Å²) in [6, 6.07) is 8.17. The molecule has 0 bridgehead atoms. The van der Waals surface area contributed by atoms with Crippen molar-refractivity contribution in [1.29, 1.82) is 0 Å². The molecule has 4 N–H and O–H groups in total. The molecule has 1 fully saturated rings. The number of alkyl halides is 3. The van der Waals surface area contributed by atoms with Crippen molar-refractivity contribution >= 4 is 23.4 Å². The quantitative estimate of drug-likeness (QED) is 0.375. The summed E-state index contributed by atoms with van der Waals surface area (Å²) >= 11 is 0. The molecule has 3 aromatic rings. The first-order valence-corrected chi connectivity index (χ1v) is 11.2. The lowest BCUT2D eigenvalue weighted by molar-refractivity contribution is -0.137. The standard InChI is InChI=1S/C24H23F3N6O4/c25-24(26,27)19-3-1-2-4-20(19)32-16-6-5-15(30-11-16)10-31-21(35)23(8-7-17(34)9-23)33-22(36)37-18-12-28-14-29-13-18/h1-6,11-14,17,32,34H,7-10H2,(H,31,35)(H,33,36). The summed E-state index contributed by atoms with van der Waals surface area (Å²) in [5.74, 6) is -0.446. The highest BCUT2D eigenvalue weighted by Crippen LogP contribution is 2.36. The molecular weight excluding hydrogens is 493 g/mol. The fourth-order valence-corrected chi connectivity index (χ4v) is 4.00. The smallest absolute Gasteiger partial charge is 0.407 e. The van der Waals surface area contributed by atoms with Crippen molar-refractivity contribution < 1.29 is 32.6 Å². The van der Waals surface area contributed by atoms with E-state index in [4.69, 9.17) is 4.74 Å². The zero-order chi connectivity index (χ0) is 26.5. The van der Waals surface area contributed by atoms with E-state index < -0.39 is 35.4 Å². The minimum Gasteiger partial charge on any atom is -0.407 e. The molecule has 2 unspecified atom stereocenters. The van der Waals surface area contributed by atoms with Crippen molar-refractivity contribution in [2.75, 3.05) is 5.32 Å². The second-order valence-electron chi connectivity index (χ2n) is 8.46. The average molecular weight is 516 g/mol. The first-order valence-electron chi connectivity index (χ1n) is 11.2. The molecule has 0 aliphatic heterocycles. The Morgan fingerprint density at radius 2 is 1.86 bits per heavy atom. The van der Waals surface area contributed by atoms with Crippen molar-refractivity contribution in [3.63, 3.8) is 0 Å². The van der Waals surface area contributed by atoms with Crippen molar-refractivity contribution in [2.24, 2.45) is 0 Å². The number of aromatic nitrogens is 3. The van der Waals surface area contributed by atoms with Crippen LogP contribution < -0.4 is 20.7 Å². The summed E-state index contributed by atoms with van der Waals surface area (Å²) in [6.45, 7) is -0.0145. The molecule has 1 aliphatic carbocycles. The van der Waals surface area contributed by atoms with E-state index in [1.54, 1.807) is 6.07 Å². The Kier molecular flexibility index (Phi) is 7.53. The van der Waals surface area contributed by atoms with Crippen molar-refractivity contribution in [1.82, 2.24) is 25.6 Å². The van der Waals surface area contributed by atoms with Gasteiger partial charge < -0.3 is 25.8 Å². The van der Waals surface area contributed by atoms with Gasteiger partial charge in [-0.1, -0.05) is 12.1 Å². The number of anilines is 2. The van der Waals surface area contributed by atoms with Gasteiger partial charge in [-0.05, 0) is 37.1 Å². The number of carbonyl (C=O) groups excluding carboxylic acids is 2. The second-order valence-corrected chi connectivity index (χ2v) is 8.46. The van der Waals surface area contributed by atoms with Crippen LogP contribution in [-0.4, -0.2) is 43.7 Å². The van der Waals surface area contributed by atoms with Gasteiger partial charge in [0.2, 0.25) is 5.91 Å². The Morgan fingerprint density at radius 3 is 2.51 bits per heavy atom. The van der Waals surface area contributed by atoms with E-state index in [2.05, 4.69) is 30.9 Å². The molecule has 1 saturated carbocycles. The molecule has 1 aromatic carbocycles. The normalized spacial score (nSPS) is 19.2. The number of hydrogen-bond donors (Lipinski definition) is 4. The van der Waals surface area contributed by atoms with Gasteiger partial charge in [-0.3, -0.25) is 9.78 Å². The molecule has 0 spiro atoms. The Balaban J connectivity index is 1.38. The van der Waals surface area contributed by atoms with Gasteiger partial charge in [0, 0.05) is 6.42 Å². The first-order chi connectivity index (χ1) is 17.6. The van der Waals surface area contributed by atoms with Crippen LogP contribution in [0.2, 0.25) is 0 Å². The Labute approximate surface area is 209 Å². The van der Waals surface area contributed by atoms with Gasteiger partial charge in [-0.25, -0.2) is 14.8 Å². The number of para-hydroxylation sites is 1. The predicted molar refractivity (Wildman–Crippen MR) is 125 cm³/mol. The minimum absolute atomic E-state index is 0.00583. The molecule has 13 heteroatoms. The number of aliphatic hydroxyl groups excluding tert-OH is 1. The molecule has 2 atom stereocenters. The molecule has 2 heterocycles. The van der Waals surface area contributed by atoms with E-state index in [1.165, 1.54) is 49.2 Å². The number of pyridine rings is 1. The van der Waals surface area contributed by atoms with Gasteiger partial charge in [0.1, 0.15) is 11.9 Å². The number of aliphatic hydroxyl groups is 1. The van der Waals surface area contributed by atoms with Crippen LogP contribution in [0, 0.1) is 0 Å². The molecule has 2 aromatic heterocycles. The van der Waals surface area contributed by atoms with Gasteiger partial charge in [0.25, 0.3) is 0 Å². The fraction of sp³-hybridized carbons (Fsp3) is 0.292. The van der Waals surface area contributed by atoms with Gasteiger partial charge in [0.05, 0.1) is 53.9 Å². The lowest BCUT2D eigenvalue weighted by Crippen LogP contribution is -2.58. The summed E-state index contributed by atoms with van der Waals surface area (Å²) < 4.78 is 44.8. The molecular formula is C24H23F3N6O4. The number of hydrogen-bond acceptors (Lipinski definition) is 8. The van der Waals surface area contributed by atoms with E-state index in [-0.39, 0.29) is 30.8 Å². The summed E-state index contributed by atoms with van der Waals surface area (Å²) in [4.78, 5) is 37.1. The number of ether oxygens (including phenoxy) is 1. The van der Waals surface area contributed by atoms with Gasteiger partial charge in [0.15, 0.2) is 5.75 Å². The van der Waals surface area contributed by atoms with E-state index in [9.17, 15) is 27.9 Å². The third kappa shape index (κ3) is 6.50. The van der Waals surface area contributed by atoms with E-state index in [0.29, 0.717) is 17.8 Å². The van der Waals surface area contributed by atoms with E-state index in [1.807, 2.05) is 0 Å². The largest absolute Gasteiger partial charge is 0.418 e. The summed E-state index contributed by atoms with van der Waals surface area (Å²) in [6.07, 6.45) is -0.513. The topological polar surface area (TPSA) is 138 Å². The average Bonchev–Trinajstić information content (AvgIpc) is 3.24. The number of rotatable bonds is 7. The van der Waals surface area contributed by atoms with E-state index in [0.717, 1.165) is 6.07 Å². The maximum atomic E-state index is 13.2. The SMILES string of the molecule is O=C(NC1(C(=O)NCc2ccc(Nc3ccccc3C(F)(F)F)cn2)CCC(O)C1)Oc1cncnc1. The number of amides is 2. The molecule has 2 amide bonds. The Hall–Kier alpha value is -4.26. The summed E-state index contributed by atoms with van der Waals surface area (Å²) in [7, 11) is 0. The molecule has 37 heavy (non-hydrogen) atoms. The molecule has 194 valence electrons. The second kappa shape index (κ2) is 10.8. The molecule has 0 saturated heterocycles. The molecule has 0 radical (unpaired) electrons. The van der Waals surface area contributed by atoms with Gasteiger partial charge >= 0.3 is 12.3 Å². The van der Waals surface area contributed by atoms with E-state index >= 15 is 0 Å². The van der Waals surface area contributed by atoms with Crippen LogP contribution >= 0.6 is 0 Å². The number of carbonyl (C=O) groups is 2. The van der Waals surface area contributed by atoms with Crippen LogP contribution in [-0.2, 0) is 17.5 Å². The number of nitrogens with zero attached hydrogens (tertiary/aromatic N) is 3. The Bertz CT molecular complexity index is 1240. The van der Waals surface area contributed by atoms with Crippen LogP contribution in [0.4, 0.5) is 29.3 Å². The minimum atomic E-state index is -4.51. The zero-order valence-electron chi connectivity index (χ0n) is 19.3. The van der Waals surface area contributed by atoms with Crippen molar-refractivity contribution in [3.05, 3.63) is 72.6 Å². The van der Waals surface area contributed by atoms with Gasteiger partial charge in [-0.2, -0.15) is 13.2 Å². The lowest BCUT2D eigenvalue weighted by atomic mass is 9.96. The molecule has 4 rings (SSSR count). The maximum absolute atomic E-state index is 13.2. The summed E-state index contributed by atoms with van der Waals surface area (Å²) in [5, 5.41) is 18.0.